The number of benzene rings is 1. The average Bonchev–Trinajstić information content (AvgIpc) is 2.41. The van der Waals surface area contributed by atoms with Gasteiger partial charge in [-0.1, -0.05) is 13.0 Å². The van der Waals surface area contributed by atoms with Gasteiger partial charge in [-0.2, -0.15) is 0 Å². The maximum absolute atomic E-state index is 11.8. The fourth-order valence-electron chi connectivity index (χ4n) is 1.52. The Morgan fingerprint density at radius 2 is 1.90 bits per heavy atom. The van der Waals surface area contributed by atoms with E-state index in [9.17, 15) is 18.0 Å². The van der Waals surface area contributed by atoms with E-state index in [4.69, 9.17) is 5.14 Å². The van der Waals surface area contributed by atoms with Gasteiger partial charge in [-0.05, 0) is 31.0 Å². The summed E-state index contributed by atoms with van der Waals surface area (Å²) in [7, 11) is -3.91. The highest BCUT2D eigenvalue weighted by Gasteiger charge is 2.15. The first kappa shape index (κ1) is 16.9. The third kappa shape index (κ3) is 5.04. The first-order chi connectivity index (χ1) is 9.75. The topological polar surface area (TPSA) is 130 Å². The molecule has 0 aliphatic carbocycles. The second-order valence-electron chi connectivity index (χ2n) is 4.36. The summed E-state index contributed by atoms with van der Waals surface area (Å²) in [4.78, 5) is 23.0. The number of primary sulfonamides is 1. The zero-order valence-electron chi connectivity index (χ0n) is 11.8. The minimum absolute atomic E-state index is 0.0698. The van der Waals surface area contributed by atoms with Crippen molar-refractivity contribution in [2.24, 2.45) is 5.14 Å². The van der Waals surface area contributed by atoms with E-state index in [1.165, 1.54) is 12.1 Å². The Balaban J connectivity index is 2.78. The van der Waals surface area contributed by atoms with Gasteiger partial charge in [0.2, 0.25) is 10.0 Å². The molecule has 21 heavy (non-hydrogen) atoms. The summed E-state index contributed by atoms with van der Waals surface area (Å²) in [5.74, 6) is -0.647. The largest absolute Gasteiger partial charge is 0.337 e. The van der Waals surface area contributed by atoms with Crippen LogP contribution in [0.3, 0.4) is 0 Å². The van der Waals surface area contributed by atoms with Gasteiger partial charge in [0.05, 0.1) is 4.90 Å². The molecule has 116 valence electrons. The van der Waals surface area contributed by atoms with Gasteiger partial charge in [0.25, 0.3) is 5.91 Å². The fourth-order valence-corrected chi connectivity index (χ4v) is 2.32. The predicted octanol–water partition coefficient (Wildman–Crippen LogP) is -0.00358. The fraction of sp³-hybridized carbons (Fsp3) is 0.333. The van der Waals surface area contributed by atoms with Crippen molar-refractivity contribution in [2.45, 2.75) is 25.2 Å². The van der Waals surface area contributed by atoms with Crippen molar-refractivity contribution >= 4 is 22.0 Å². The van der Waals surface area contributed by atoms with Gasteiger partial charge in [0.15, 0.2) is 0 Å². The van der Waals surface area contributed by atoms with Gasteiger partial charge in [-0.3, -0.25) is 10.2 Å². The first-order valence-corrected chi connectivity index (χ1v) is 7.78. The number of carbonyl (C=O) groups is 2. The molecule has 0 spiro atoms. The number of aryl methyl sites for hydroxylation is 1. The van der Waals surface area contributed by atoms with Crippen molar-refractivity contribution in [1.29, 1.82) is 0 Å². The zero-order chi connectivity index (χ0) is 16.0. The van der Waals surface area contributed by atoms with Crippen molar-refractivity contribution in [3.63, 3.8) is 0 Å². The molecule has 0 saturated heterocycles. The number of rotatable bonds is 4. The Kier molecular flexibility index (Phi) is 5.68. The number of hydrazine groups is 1. The van der Waals surface area contributed by atoms with Crippen molar-refractivity contribution in [3.05, 3.63) is 29.3 Å². The molecule has 1 aromatic rings. The first-order valence-electron chi connectivity index (χ1n) is 6.23. The van der Waals surface area contributed by atoms with Crippen molar-refractivity contribution in [3.8, 4) is 0 Å². The molecule has 0 heterocycles. The van der Waals surface area contributed by atoms with Crippen molar-refractivity contribution < 1.29 is 18.0 Å². The lowest BCUT2D eigenvalue weighted by Gasteiger charge is -2.10. The number of amides is 3. The molecule has 3 amide bonds. The second kappa shape index (κ2) is 7.04. The number of sulfonamides is 1. The van der Waals surface area contributed by atoms with Gasteiger partial charge in [-0.25, -0.2) is 23.8 Å². The Morgan fingerprint density at radius 1 is 1.24 bits per heavy atom. The molecule has 0 saturated carbocycles. The van der Waals surface area contributed by atoms with Crippen LogP contribution in [-0.2, 0) is 10.0 Å². The summed E-state index contributed by atoms with van der Waals surface area (Å²) < 4.78 is 22.8. The summed E-state index contributed by atoms with van der Waals surface area (Å²) in [5, 5.41) is 7.57. The van der Waals surface area contributed by atoms with E-state index in [-0.39, 0.29) is 10.5 Å². The molecule has 1 aromatic carbocycles. The summed E-state index contributed by atoms with van der Waals surface area (Å²) in [6.45, 7) is 3.93. The normalized spacial score (nSPS) is 10.8. The second-order valence-corrected chi connectivity index (χ2v) is 5.89. The van der Waals surface area contributed by atoms with Crippen LogP contribution in [0.25, 0.3) is 0 Å². The van der Waals surface area contributed by atoms with Crippen molar-refractivity contribution in [2.75, 3.05) is 6.54 Å². The third-order valence-electron chi connectivity index (χ3n) is 2.58. The minimum atomic E-state index is -3.91. The third-order valence-corrected chi connectivity index (χ3v) is 3.63. The molecule has 0 atom stereocenters. The van der Waals surface area contributed by atoms with E-state index >= 15 is 0 Å². The van der Waals surface area contributed by atoms with Crippen LogP contribution in [-0.4, -0.2) is 26.9 Å². The van der Waals surface area contributed by atoms with Crippen LogP contribution in [0, 0.1) is 6.92 Å². The lowest BCUT2D eigenvalue weighted by molar-refractivity contribution is 0.0936. The maximum Gasteiger partial charge on any atom is 0.333 e. The highest BCUT2D eigenvalue weighted by molar-refractivity contribution is 7.89. The molecule has 9 heteroatoms. The number of nitrogens with two attached hydrogens (primary N) is 1. The van der Waals surface area contributed by atoms with E-state index < -0.39 is 22.0 Å². The molecule has 0 aliphatic rings. The Bertz CT molecular complexity index is 643. The van der Waals surface area contributed by atoms with Crippen molar-refractivity contribution in [1.82, 2.24) is 16.2 Å². The highest BCUT2D eigenvalue weighted by atomic mass is 32.2. The highest BCUT2D eigenvalue weighted by Crippen LogP contribution is 2.15. The molecule has 0 aromatic heterocycles. The van der Waals surface area contributed by atoms with Crippen LogP contribution in [0.1, 0.15) is 29.3 Å². The van der Waals surface area contributed by atoms with Crippen LogP contribution < -0.4 is 21.3 Å². The van der Waals surface area contributed by atoms with Gasteiger partial charge in [0.1, 0.15) is 0 Å². The number of nitrogens with one attached hydrogen (secondary N) is 3. The van der Waals surface area contributed by atoms with E-state index in [1.54, 1.807) is 6.92 Å². The van der Waals surface area contributed by atoms with E-state index in [1.807, 2.05) is 6.92 Å². The molecule has 5 N–H and O–H groups in total. The summed E-state index contributed by atoms with van der Waals surface area (Å²) >= 11 is 0. The molecular weight excluding hydrogens is 296 g/mol. The number of urea groups is 1. The number of hydrogen-bond donors (Lipinski definition) is 4. The molecule has 1 rings (SSSR count). The van der Waals surface area contributed by atoms with Crippen LogP contribution in [0.15, 0.2) is 23.1 Å². The van der Waals surface area contributed by atoms with Gasteiger partial charge in [0, 0.05) is 12.1 Å². The lowest BCUT2D eigenvalue weighted by atomic mass is 10.1. The molecule has 0 fully saturated rings. The number of hydrogen-bond acceptors (Lipinski definition) is 4. The molecule has 0 aliphatic heterocycles. The monoisotopic (exact) mass is 314 g/mol. The number of carbonyl (C=O) groups excluding carboxylic acids is 2. The lowest BCUT2D eigenvalue weighted by Crippen LogP contribution is -2.47. The standard InChI is InChI=1S/C12H18N4O4S/c1-3-6-14-12(18)16-15-11(17)9-5-4-8(2)10(7-9)21(13,19)20/h4-5,7H,3,6H2,1-2H3,(H,15,17)(H2,13,19,20)(H2,14,16,18). The van der Waals surface area contributed by atoms with Crippen LogP contribution in [0.4, 0.5) is 4.79 Å². The quantitative estimate of drug-likeness (QED) is 0.582. The van der Waals surface area contributed by atoms with Crippen LogP contribution in [0.5, 0.6) is 0 Å². The Morgan fingerprint density at radius 3 is 2.48 bits per heavy atom. The molecule has 8 nitrogen and oxygen atoms in total. The molecule has 0 radical (unpaired) electrons. The summed E-state index contributed by atoms with van der Waals surface area (Å²) in [6.07, 6.45) is 0.761. The van der Waals surface area contributed by atoms with Crippen LogP contribution >= 0.6 is 0 Å². The maximum atomic E-state index is 11.8. The Hall–Kier alpha value is -2.13. The van der Waals surface area contributed by atoms with Crippen LogP contribution in [0.2, 0.25) is 0 Å². The molecular formula is C12H18N4O4S. The zero-order valence-corrected chi connectivity index (χ0v) is 12.6. The summed E-state index contributed by atoms with van der Waals surface area (Å²) in [6, 6.07) is 3.51. The summed E-state index contributed by atoms with van der Waals surface area (Å²) in [5.41, 5.74) is 4.83. The van der Waals surface area contributed by atoms with Gasteiger partial charge in [-0.15, -0.1) is 0 Å². The predicted molar refractivity (Wildman–Crippen MR) is 76.8 cm³/mol. The van der Waals surface area contributed by atoms with E-state index in [2.05, 4.69) is 16.2 Å². The van der Waals surface area contributed by atoms with Gasteiger partial charge >= 0.3 is 6.03 Å². The Labute approximate surface area is 123 Å². The smallest absolute Gasteiger partial charge is 0.333 e. The van der Waals surface area contributed by atoms with E-state index in [0.717, 1.165) is 12.5 Å². The molecule has 0 unspecified atom stereocenters. The van der Waals surface area contributed by atoms with E-state index in [0.29, 0.717) is 12.1 Å². The SMILES string of the molecule is CCCNC(=O)NNC(=O)c1ccc(C)c(S(N)(=O)=O)c1. The molecule has 0 bridgehead atoms. The average molecular weight is 314 g/mol. The minimum Gasteiger partial charge on any atom is -0.337 e. The van der Waals surface area contributed by atoms with Gasteiger partial charge < -0.3 is 5.32 Å².